The lowest BCUT2D eigenvalue weighted by molar-refractivity contribution is -0.115. The summed E-state index contributed by atoms with van der Waals surface area (Å²) >= 11 is 0. The maximum absolute atomic E-state index is 12.1. The third-order valence-electron chi connectivity index (χ3n) is 3.26. The average molecular weight is 269 g/mol. The number of amides is 1. The highest BCUT2D eigenvalue weighted by Gasteiger charge is 2.13. The first-order valence-corrected chi connectivity index (χ1v) is 6.43. The van der Waals surface area contributed by atoms with Gasteiger partial charge in [-0.3, -0.25) is 4.79 Å². The van der Waals surface area contributed by atoms with Crippen LogP contribution in [0.25, 0.3) is 10.9 Å². The fraction of sp³-hybridized carbons (Fsp3) is 0.200. The molecule has 0 aliphatic carbocycles. The van der Waals surface area contributed by atoms with E-state index < -0.39 is 0 Å². The van der Waals surface area contributed by atoms with Crippen LogP contribution in [0, 0.1) is 13.8 Å². The lowest BCUT2D eigenvalue weighted by Crippen LogP contribution is -2.14. The number of H-pyrrole nitrogens is 1. The number of nitrogens with zero attached hydrogens (tertiary/aromatic N) is 1. The third kappa shape index (κ3) is 2.30. The van der Waals surface area contributed by atoms with Gasteiger partial charge in [0, 0.05) is 22.7 Å². The summed E-state index contributed by atoms with van der Waals surface area (Å²) in [4.78, 5) is 15.4. The molecule has 1 aromatic carbocycles. The summed E-state index contributed by atoms with van der Waals surface area (Å²) in [7, 11) is 0. The molecular formula is C15H15N3O2. The van der Waals surface area contributed by atoms with Crippen molar-refractivity contribution in [1.82, 2.24) is 10.1 Å². The summed E-state index contributed by atoms with van der Waals surface area (Å²) in [6, 6.07) is 9.66. The van der Waals surface area contributed by atoms with Crippen molar-refractivity contribution in [3.05, 3.63) is 47.3 Å². The van der Waals surface area contributed by atoms with Crippen molar-refractivity contribution in [2.45, 2.75) is 20.3 Å². The molecule has 20 heavy (non-hydrogen) atoms. The molecule has 0 radical (unpaired) electrons. The number of rotatable bonds is 3. The Morgan fingerprint density at radius 1 is 1.35 bits per heavy atom. The Hall–Kier alpha value is -2.56. The summed E-state index contributed by atoms with van der Waals surface area (Å²) in [6.45, 7) is 3.76. The number of carbonyl (C=O) groups excluding carboxylic acids is 1. The normalized spacial score (nSPS) is 10.9. The topological polar surface area (TPSA) is 70.9 Å². The summed E-state index contributed by atoms with van der Waals surface area (Å²) in [5.74, 6) is 1.01. The van der Waals surface area contributed by atoms with E-state index in [1.165, 1.54) is 0 Å². The second-order valence-electron chi connectivity index (χ2n) is 4.82. The first-order chi connectivity index (χ1) is 9.63. The lowest BCUT2D eigenvalue weighted by atomic mass is 10.1. The zero-order valence-electron chi connectivity index (χ0n) is 11.4. The van der Waals surface area contributed by atoms with E-state index in [9.17, 15) is 4.79 Å². The smallest absolute Gasteiger partial charge is 0.230 e. The monoisotopic (exact) mass is 269 g/mol. The van der Waals surface area contributed by atoms with E-state index in [-0.39, 0.29) is 5.91 Å². The van der Waals surface area contributed by atoms with E-state index in [1.807, 2.05) is 31.2 Å². The minimum absolute atomic E-state index is 0.105. The van der Waals surface area contributed by atoms with Gasteiger partial charge in [-0.1, -0.05) is 23.4 Å². The molecule has 2 heterocycles. The predicted octanol–water partition coefficient (Wildman–Crippen LogP) is 2.95. The molecule has 0 spiro atoms. The van der Waals surface area contributed by atoms with Crippen molar-refractivity contribution in [2.24, 2.45) is 0 Å². The Labute approximate surface area is 116 Å². The highest BCUT2D eigenvalue weighted by atomic mass is 16.5. The van der Waals surface area contributed by atoms with Crippen molar-refractivity contribution >= 4 is 22.6 Å². The van der Waals surface area contributed by atoms with Gasteiger partial charge in [-0.2, -0.15) is 0 Å². The number of aryl methyl sites for hydroxylation is 2. The van der Waals surface area contributed by atoms with E-state index >= 15 is 0 Å². The minimum Gasteiger partial charge on any atom is -0.360 e. The van der Waals surface area contributed by atoms with Gasteiger partial charge in [0.2, 0.25) is 5.91 Å². The number of fused-ring (bicyclic) bond motifs is 1. The number of benzene rings is 1. The molecule has 0 unspecified atom stereocenters. The molecule has 1 amide bonds. The summed E-state index contributed by atoms with van der Waals surface area (Å²) in [5, 5.41) is 7.57. The molecule has 0 fully saturated rings. The van der Waals surface area contributed by atoms with Crippen LogP contribution < -0.4 is 5.32 Å². The lowest BCUT2D eigenvalue weighted by Gasteiger charge is -2.02. The molecule has 5 heteroatoms. The van der Waals surface area contributed by atoms with Gasteiger partial charge in [0.15, 0.2) is 5.82 Å². The molecule has 3 aromatic rings. The van der Waals surface area contributed by atoms with Gasteiger partial charge in [-0.05, 0) is 25.5 Å². The van der Waals surface area contributed by atoms with Crippen LogP contribution in [0.1, 0.15) is 17.0 Å². The van der Waals surface area contributed by atoms with Crippen LogP contribution >= 0.6 is 0 Å². The maximum Gasteiger partial charge on any atom is 0.230 e. The van der Waals surface area contributed by atoms with Gasteiger partial charge in [0.1, 0.15) is 5.76 Å². The van der Waals surface area contributed by atoms with Crippen LogP contribution in [0.2, 0.25) is 0 Å². The van der Waals surface area contributed by atoms with Crippen molar-refractivity contribution in [1.29, 1.82) is 0 Å². The van der Waals surface area contributed by atoms with E-state index in [2.05, 4.69) is 15.5 Å². The molecule has 0 saturated carbocycles. The number of aromatic amines is 1. The average Bonchev–Trinajstić information content (AvgIpc) is 2.94. The Morgan fingerprint density at radius 2 is 2.15 bits per heavy atom. The minimum atomic E-state index is -0.105. The van der Waals surface area contributed by atoms with E-state index in [0.29, 0.717) is 18.0 Å². The fourth-order valence-electron chi connectivity index (χ4n) is 2.34. The third-order valence-corrected chi connectivity index (χ3v) is 3.26. The molecular weight excluding hydrogens is 254 g/mol. The summed E-state index contributed by atoms with van der Waals surface area (Å²) in [5.41, 5.74) is 3.07. The number of para-hydroxylation sites is 1. The quantitative estimate of drug-likeness (QED) is 0.768. The van der Waals surface area contributed by atoms with Crippen LogP contribution in [0.3, 0.4) is 0 Å². The van der Waals surface area contributed by atoms with Crippen molar-refractivity contribution in [3.8, 4) is 0 Å². The van der Waals surface area contributed by atoms with Gasteiger partial charge < -0.3 is 14.8 Å². The fourth-order valence-corrected chi connectivity index (χ4v) is 2.34. The zero-order chi connectivity index (χ0) is 14.1. The van der Waals surface area contributed by atoms with Crippen molar-refractivity contribution < 1.29 is 9.32 Å². The largest absolute Gasteiger partial charge is 0.360 e. The highest BCUT2D eigenvalue weighted by Crippen LogP contribution is 2.22. The van der Waals surface area contributed by atoms with Gasteiger partial charge in [0.25, 0.3) is 0 Å². The first-order valence-electron chi connectivity index (χ1n) is 6.43. The molecule has 102 valence electrons. The van der Waals surface area contributed by atoms with Crippen molar-refractivity contribution in [2.75, 3.05) is 5.32 Å². The van der Waals surface area contributed by atoms with Gasteiger partial charge in [-0.25, -0.2) is 0 Å². The number of nitrogens with one attached hydrogen (secondary N) is 2. The molecule has 0 aliphatic heterocycles. The molecule has 5 nitrogen and oxygen atoms in total. The second kappa shape index (κ2) is 4.85. The predicted molar refractivity (Wildman–Crippen MR) is 76.6 cm³/mol. The molecule has 2 aromatic heterocycles. The Balaban J connectivity index is 1.82. The Bertz CT molecular complexity index is 770. The number of carbonyl (C=O) groups is 1. The molecule has 0 bridgehead atoms. The number of hydrogen-bond donors (Lipinski definition) is 2. The molecule has 3 rings (SSSR count). The van der Waals surface area contributed by atoms with E-state index in [1.54, 1.807) is 13.0 Å². The number of anilines is 1. The molecule has 2 N–H and O–H groups in total. The molecule has 0 aliphatic rings. The summed E-state index contributed by atoms with van der Waals surface area (Å²) in [6.07, 6.45) is 0.307. The molecule has 0 atom stereocenters. The van der Waals surface area contributed by atoms with Crippen LogP contribution in [-0.2, 0) is 11.2 Å². The van der Waals surface area contributed by atoms with Crippen LogP contribution in [0.15, 0.2) is 34.9 Å². The van der Waals surface area contributed by atoms with Crippen LogP contribution in [0.5, 0.6) is 0 Å². The van der Waals surface area contributed by atoms with E-state index in [4.69, 9.17) is 4.52 Å². The van der Waals surface area contributed by atoms with Gasteiger partial charge >= 0.3 is 0 Å². The number of hydrogen-bond acceptors (Lipinski definition) is 3. The molecule has 0 saturated heterocycles. The van der Waals surface area contributed by atoms with Crippen LogP contribution in [-0.4, -0.2) is 16.0 Å². The first kappa shape index (κ1) is 12.5. The highest BCUT2D eigenvalue weighted by molar-refractivity contribution is 5.95. The van der Waals surface area contributed by atoms with Crippen molar-refractivity contribution in [3.63, 3.8) is 0 Å². The SMILES string of the molecule is Cc1cc(NC(=O)Cc2c(C)[nH]c3ccccc23)no1. The van der Waals surface area contributed by atoms with Gasteiger partial charge in [0.05, 0.1) is 6.42 Å². The van der Waals surface area contributed by atoms with E-state index in [0.717, 1.165) is 22.2 Å². The maximum atomic E-state index is 12.1. The second-order valence-corrected chi connectivity index (χ2v) is 4.82. The summed E-state index contributed by atoms with van der Waals surface area (Å²) < 4.78 is 4.92. The van der Waals surface area contributed by atoms with Crippen LogP contribution in [0.4, 0.5) is 5.82 Å². The Kier molecular flexibility index (Phi) is 3.02. The van der Waals surface area contributed by atoms with Gasteiger partial charge in [-0.15, -0.1) is 0 Å². The Morgan fingerprint density at radius 3 is 2.90 bits per heavy atom. The zero-order valence-corrected chi connectivity index (χ0v) is 11.4. The standard InChI is InChI=1S/C15H15N3O2/c1-9-7-14(18-20-9)17-15(19)8-12-10(2)16-13-6-4-3-5-11(12)13/h3-7,16H,8H2,1-2H3,(H,17,18,19). The number of aromatic nitrogens is 2.